The number of likely N-dealkylation sites (N-methyl/N-ethyl adjacent to an activating group) is 1. The summed E-state index contributed by atoms with van der Waals surface area (Å²) in [5.74, 6) is 0. The van der Waals surface area contributed by atoms with Crippen molar-refractivity contribution >= 4 is 41.0 Å². The van der Waals surface area contributed by atoms with E-state index in [9.17, 15) is 14.4 Å². The number of ether oxygens (including phenoxy) is 1. The number of carbonyl (C=O) groups is 3. The normalized spacial score (nSPS) is 18.8. The fourth-order valence-electron chi connectivity index (χ4n) is 5.20. The number of rotatable bonds is 8. The molecule has 1 atom stereocenters. The number of amides is 2. The molecule has 5 rings (SSSR count). The smallest absolute Gasteiger partial charge is 0.323 e. The monoisotopic (exact) mass is 504 g/mol. The van der Waals surface area contributed by atoms with Crippen LogP contribution in [0.1, 0.15) is 6.42 Å². The minimum Gasteiger partial charge on any atom is -0.378 e. The van der Waals surface area contributed by atoms with Crippen LogP contribution in [0.2, 0.25) is 0 Å². The fourth-order valence-corrected chi connectivity index (χ4v) is 5.20. The molecule has 10 heteroatoms. The van der Waals surface area contributed by atoms with Gasteiger partial charge >= 0.3 is 6.03 Å². The van der Waals surface area contributed by atoms with E-state index in [1.807, 2.05) is 30.3 Å². The summed E-state index contributed by atoms with van der Waals surface area (Å²) in [7, 11) is 1.88. The van der Waals surface area contributed by atoms with Crippen LogP contribution < -0.4 is 15.5 Å². The second kappa shape index (κ2) is 10.7. The lowest BCUT2D eigenvalue weighted by molar-refractivity contribution is -0.114. The van der Waals surface area contributed by atoms with Gasteiger partial charge < -0.3 is 25.1 Å². The highest BCUT2D eigenvalue weighted by Crippen LogP contribution is 2.33. The zero-order valence-electron chi connectivity index (χ0n) is 21.0. The molecule has 2 fully saturated rings. The van der Waals surface area contributed by atoms with Crippen molar-refractivity contribution in [3.05, 3.63) is 48.7 Å². The standard InChI is InChI=1S/C27H32N6O4/c1-29-23(18-34)8-9-32(29)11-10-31(19-35)26-17-33(27(28)36)25-16-21(4-7-24(25)26)20-2-5-22(6-3-20)30-12-14-37-15-13-30/h2-7,16-19,23H,8-15H2,1H3,(H2,28,36). The van der Waals surface area contributed by atoms with Gasteiger partial charge in [0.05, 0.1) is 30.5 Å². The maximum Gasteiger partial charge on any atom is 0.323 e. The van der Waals surface area contributed by atoms with Gasteiger partial charge in [-0.2, -0.15) is 0 Å². The van der Waals surface area contributed by atoms with Crippen LogP contribution in [0.4, 0.5) is 16.2 Å². The van der Waals surface area contributed by atoms with Crippen molar-refractivity contribution in [3.63, 3.8) is 0 Å². The molecule has 194 valence electrons. The Morgan fingerprint density at radius 1 is 1.08 bits per heavy atom. The first kappa shape index (κ1) is 24.9. The van der Waals surface area contributed by atoms with Crippen molar-refractivity contribution < 1.29 is 19.1 Å². The summed E-state index contributed by atoms with van der Waals surface area (Å²) in [6.45, 7) is 4.94. The SMILES string of the molecule is CN1C(C=O)CCN1CCN(C=O)c1cn(C(N)=O)c2cc(-c3ccc(N4CCOCC4)cc3)ccc12. The summed E-state index contributed by atoms with van der Waals surface area (Å²) in [5.41, 5.74) is 10.1. The molecule has 2 aliphatic rings. The highest BCUT2D eigenvalue weighted by Gasteiger charge is 2.28. The Bertz CT molecular complexity index is 1280. The van der Waals surface area contributed by atoms with Crippen LogP contribution in [-0.4, -0.2) is 92.3 Å². The Balaban J connectivity index is 1.40. The number of carbonyl (C=O) groups excluding carboxylic acids is 3. The Morgan fingerprint density at radius 3 is 2.46 bits per heavy atom. The lowest BCUT2D eigenvalue weighted by Crippen LogP contribution is -2.42. The van der Waals surface area contributed by atoms with Gasteiger partial charge in [0, 0.05) is 57.0 Å². The van der Waals surface area contributed by atoms with E-state index in [2.05, 4.69) is 34.2 Å². The zero-order valence-corrected chi connectivity index (χ0v) is 21.0. The second-order valence-corrected chi connectivity index (χ2v) is 9.42. The number of hydrazine groups is 1. The van der Waals surface area contributed by atoms with E-state index in [1.54, 1.807) is 11.1 Å². The molecular weight excluding hydrogens is 472 g/mol. The molecule has 2 saturated heterocycles. The summed E-state index contributed by atoms with van der Waals surface area (Å²) in [4.78, 5) is 39.5. The summed E-state index contributed by atoms with van der Waals surface area (Å²) >= 11 is 0. The predicted molar refractivity (Wildman–Crippen MR) is 143 cm³/mol. The summed E-state index contributed by atoms with van der Waals surface area (Å²) in [6.07, 6.45) is 4.10. The van der Waals surface area contributed by atoms with E-state index in [0.29, 0.717) is 24.3 Å². The largest absolute Gasteiger partial charge is 0.378 e. The third-order valence-electron chi connectivity index (χ3n) is 7.40. The van der Waals surface area contributed by atoms with Gasteiger partial charge in [-0.25, -0.2) is 14.8 Å². The van der Waals surface area contributed by atoms with Crippen molar-refractivity contribution in [3.8, 4) is 11.1 Å². The van der Waals surface area contributed by atoms with Crippen molar-refractivity contribution in [2.75, 3.05) is 62.8 Å². The molecule has 3 aromatic rings. The summed E-state index contributed by atoms with van der Waals surface area (Å²) < 4.78 is 6.83. The number of aldehydes is 1. The van der Waals surface area contributed by atoms with Crippen LogP contribution in [0.5, 0.6) is 0 Å². The number of hydrogen-bond donors (Lipinski definition) is 1. The minimum absolute atomic E-state index is 0.136. The van der Waals surface area contributed by atoms with Crippen LogP contribution in [0.25, 0.3) is 22.0 Å². The number of anilines is 2. The molecule has 2 aliphatic heterocycles. The third kappa shape index (κ3) is 4.95. The molecule has 0 bridgehead atoms. The highest BCUT2D eigenvalue weighted by molar-refractivity contribution is 6.04. The Labute approximate surface area is 215 Å². The van der Waals surface area contributed by atoms with Crippen LogP contribution in [0, 0.1) is 0 Å². The van der Waals surface area contributed by atoms with Gasteiger partial charge in [-0.15, -0.1) is 0 Å². The number of benzene rings is 2. The second-order valence-electron chi connectivity index (χ2n) is 9.42. The number of fused-ring (bicyclic) bond motifs is 1. The van der Waals surface area contributed by atoms with E-state index >= 15 is 0 Å². The topological polar surface area (TPSA) is 104 Å². The van der Waals surface area contributed by atoms with Gasteiger partial charge in [0.1, 0.15) is 6.29 Å². The van der Waals surface area contributed by atoms with Gasteiger partial charge in [-0.05, 0) is 35.7 Å². The molecule has 2 amide bonds. The Morgan fingerprint density at radius 2 is 1.81 bits per heavy atom. The molecule has 37 heavy (non-hydrogen) atoms. The van der Waals surface area contributed by atoms with Gasteiger partial charge in [-0.3, -0.25) is 9.36 Å². The molecule has 2 aromatic carbocycles. The average molecular weight is 505 g/mol. The Kier molecular flexibility index (Phi) is 7.22. The van der Waals surface area contributed by atoms with Crippen molar-refractivity contribution in [2.24, 2.45) is 5.73 Å². The Hall–Kier alpha value is -3.73. The average Bonchev–Trinajstić information content (AvgIpc) is 3.49. The number of hydrogen-bond acceptors (Lipinski definition) is 7. The van der Waals surface area contributed by atoms with Gasteiger partial charge in [0.2, 0.25) is 6.41 Å². The van der Waals surface area contributed by atoms with E-state index in [1.165, 1.54) is 4.57 Å². The maximum atomic E-state index is 12.3. The molecule has 10 nitrogen and oxygen atoms in total. The fraction of sp³-hybridized carbons (Fsp3) is 0.370. The van der Waals surface area contributed by atoms with Crippen LogP contribution in [0.3, 0.4) is 0 Å². The number of nitrogens with zero attached hydrogens (tertiary/aromatic N) is 5. The number of nitrogens with two attached hydrogens (primary N) is 1. The molecule has 0 aliphatic carbocycles. The van der Waals surface area contributed by atoms with E-state index < -0.39 is 6.03 Å². The zero-order chi connectivity index (χ0) is 25.9. The highest BCUT2D eigenvalue weighted by atomic mass is 16.5. The summed E-state index contributed by atoms with van der Waals surface area (Å²) in [5, 5.41) is 4.74. The maximum absolute atomic E-state index is 12.3. The van der Waals surface area contributed by atoms with Crippen LogP contribution >= 0.6 is 0 Å². The molecule has 3 heterocycles. The predicted octanol–water partition coefficient (Wildman–Crippen LogP) is 2.15. The number of primary amides is 1. The first-order chi connectivity index (χ1) is 18.0. The molecule has 1 unspecified atom stereocenters. The summed E-state index contributed by atoms with van der Waals surface area (Å²) in [6, 6.07) is 13.4. The molecule has 2 N–H and O–H groups in total. The van der Waals surface area contributed by atoms with E-state index in [0.717, 1.165) is 74.2 Å². The van der Waals surface area contributed by atoms with Gasteiger partial charge in [0.25, 0.3) is 0 Å². The van der Waals surface area contributed by atoms with Crippen LogP contribution in [0.15, 0.2) is 48.7 Å². The third-order valence-corrected chi connectivity index (χ3v) is 7.40. The lowest BCUT2D eigenvalue weighted by Gasteiger charge is -2.28. The first-order valence-corrected chi connectivity index (χ1v) is 12.5. The van der Waals surface area contributed by atoms with E-state index in [-0.39, 0.29) is 6.04 Å². The number of aromatic nitrogens is 1. The first-order valence-electron chi connectivity index (χ1n) is 12.5. The molecular formula is C27H32N6O4. The molecule has 0 spiro atoms. The quantitative estimate of drug-likeness (QED) is 0.469. The molecule has 0 saturated carbocycles. The van der Waals surface area contributed by atoms with E-state index in [4.69, 9.17) is 10.5 Å². The molecule has 1 aromatic heterocycles. The van der Waals surface area contributed by atoms with Crippen molar-refractivity contribution in [2.45, 2.75) is 12.5 Å². The van der Waals surface area contributed by atoms with Crippen molar-refractivity contribution in [1.82, 2.24) is 14.6 Å². The van der Waals surface area contributed by atoms with Crippen molar-refractivity contribution in [1.29, 1.82) is 0 Å². The lowest BCUT2D eigenvalue weighted by atomic mass is 10.0. The molecule has 0 radical (unpaired) electrons. The van der Waals surface area contributed by atoms with Gasteiger partial charge in [0.15, 0.2) is 0 Å². The minimum atomic E-state index is -0.616. The number of morpholine rings is 1. The van der Waals surface area contributed by atoms with Crippen LogP contribution in [-0.2, 0) is 14.3 Å². The van der Waals surface area contributed by atoms with Gasteiger partial charge in [-0.1, -0.05) is 24.3 Å².